The second-order valence-corrected chi connectivity index (χ2v) is 4.05. The zero-order chi connectivity index (χ0) is 12.8. The van der Waals surface area contributed by atoms with Gasteiger partial charge in [0.25, 0.3) is 0 Å². The Kier molecular flexibility index (Phi) is 5.61. The highest BCUT2D eigenvalue weighted by atomic mass is 35.5. The fourth-order valence-electron chi connectivity index (χ4n) is 1.31. The molecule has 0 fully saturated rings. The predicted molar refractivity (Wildman–Crippen MR) is 61.5 cm³/mol. The molecule has 0 aliphatic rings. The van der Waals surface area contributed by atoms with Crippen molar-refractivity contribution in [2.45, 2.75) is 26.2 Å². The lowest BCUT2D eigenvalue weighted by Crippen LogP contribution is -2.24. The van der Waals surface area contributed by atoms with Gasteiger partial charge >= 0.3 is 6.61 Å². The van der Waals surface area contributed by atoms with E-state index in [2.05, 4.69) is 10.1 Å². The number of aliphatic hydroxyl groups is 1. The van der Waals surface area contributed by atoms with Gasteiger partial charge < -0.3 is 15.2 Å². The SMILES string of the molecule is CC(O)CNCc1cc(Cl)ccc1OC(F)F. The van der Waals surface area contributed by atoms with Crippen LogP contribution in [0.15, 0.2) is 18.2 Å². The predicted octanol–water partition coefficient (Wildman–Crippen LogP) is 2.41. The summed E-state index contributed by atoms with van der Waals surface area (Å²) in [5.74, 6) is 0.0856. The molecule has 0 radical (unpaired) electrons. The summed E-state index contributed by atoms with van der Waals surface area (Å²) in [6.07, 6.45) is -0.506. The van der Waals surface area contributed by atoms with Gasteiger partial charge in [-0.05, 0) is 25.1 Å². The monoisotopic (exact) mass is 265 g/mol. The molecule has 1 aromatic carbocycles. The fourth-order valence-corrected chi connectivity index (χ4v) is 1.51. The summed E-state index contributed by atoms with van der Waals surface area (Å²) < 4.78 is 28.6. The summed E-state index contributed by atoms with van der Waals surface area (Å²) in [6, 6.07) is 4.43. The molecule has 1 atom stereocenters. The maximum atomic E-state index is 12.1. The highest BCUT2D eigenvalue weighted by Gasteiger charge is 2.10. The number of alkyl halides is 2. The van der Waals surface area contributed by atoms with E-state index in [-0.39, 0.29) is 5.75 Å². The van der Waals surface area contributed by atoms with Crippen LogP contribution in [0.2, 0.25) is 5.02 Å². The fraction of sp³-hybridized carbons (Fsp3) is 0.455. The van der Waals surface area contributed by atoms with E-state index in [4.69, 9.17) is 16.7 Å². The molecule has 6 heteroatoms. The van der Waals surface area contributed by atoms with E-state index in [1.807, 2.05) is 0 Å². The molecule has 0 aromatic heterocycles. The Hall–Kier alpha value is -0.910. The number of benzene rings is 1. The lowest BCUT2D eigenvalue weighted by Gasteiger charge is -2.12. The molecule has 2 N–H and O–H groups in total. The summed E-state index contributed by atoms with van der Waals surface area (Å²) in [4.78, 5) is 0. The largest absolute Gasteiger partial charge is 0.434 e. The minimum Gasteiger partial charge on any atom is -0.434 e. The van der Waals surface area contributed by atoms with Crippen molar-refractivity contribution in [3.63, 3.8) is 0 Å². The van der Waals surface area contributed by atoms with Crippen LogP contribution in [-0.2, 0) is 6.54 Å². The zero-order valence-electron chi connectivity index (χ0n) is 9.29. The van der Waals surface area contributed by atoms with E-state index in [9.17, 15) is 8.78 Å². The van der Waals surface area contributed by atoms with Crippen LogP contribution in [0.3, 0.4) is 0 Å². The Balaban J connectivity index is 2.69. The van der Waals surface area contributed by atoms with Gasteiger partial charge in [0.05, 0.1) is 6.10 Å². The Morgan fingerprint density at radius 2 is 2.18 bits per heavy atom. The Bertz CT molecular complexity index is 361. The summed E-state index contributed by atoms with van der Waals surface area (Å²) in [6.45, 7) is -0.581. The molecule has 17 heavy (non-hydrogen) atoms. The van der Waals surface area contributed by atoms with Gasteiger partial charge in [0.2, 0.25) is 0 Å². The van der Waals surface area contributed by atoms with Gasteiger partial charge in [-0.15, -0.1) is 0 Å². The second kappa shape index (κ2) is 6.74. The molecule has 0 saturated heterocycles. The smallest absolute Gasteiger partial charge is 0.387 e. The van der Waals surface area contributed by atoms with Crippen molar-refractivity contribution in [1.29, 1.82) is 0 Å². The number of nitrogens with one attached hydrogen (secondary N) is 1. The quantitative estimate of drug-likeness (QED) is 0.830. The molecule has 0 aliphatic carbocycles. The highest BCUT2D eigenvalue weighted by molar-refractivity contribution is 6.30. The molecule has 1 aromatic rings. The first-order chi connectivity index (χ1) is 7.99. The summed E-state index contributed by atoms with van der Waals surface area (Å²) >= 11 is 5.77. The van der Waals surface area contributed by atoms with Gasteiger partial charge in [-0.2, -0.15) is 8.78 Å². The van der Waals surface area contributed by atoms with Crippen LogP contribution in [0.1, 0.15) is 12.5 Å². The molecule has 1 unspecified atom stereocenters. The first-order valence-electron chi connectivity index (χ1n) is 5.11. The van der Waals surface area contributed by atoms with Crippen molar-refractivity contribution >= 4 is 11.6 Å². The Morgan fingerprint density at radius 1 is 1.47 bits per heavy atom. The van der Waals surface area contributed by atoms with Gasteiger partial charge in [0, 0.05) is 23.7 Å². The van der Waals surface area contributed by atoms with Crippen molar-refractivity contribution < 1.29 is 18.6 Å². The average molecular weight is 266 g/mol. The first kappa shape index (κ1) is 14.2. The van der Waals surface area contributed by atoms with Crippen molar-refractivity contribution in [1.82, 2.24) is 5.32 Å². The van der Waals surface area contributed by atoms with Crippen LogP contribution in [0.5, 0.6) is 5.75 Å². The van der Waals surface area contributed by atoms with E-state index < -0.39 is 12.7 Å². The maximum absolute atomic E-state index is 12.1. The second-order valence-electron chi connectivity index (χ2n) is 3.61. The molecule has 96 valence electrons. The van der Waals surface area contributed by atoms with E-state index in [1.165, 1.54) is 12.1 Å². The molecule has 0 heterocycles. The van der Waals surface area contributed by atoms with Crippen LogP contribution < -0.4 is 10.1 Å². The number of halogens is 3. The minimum atomic E-state index is -2.87. The van der Waals surface area contributed by atoms with Crippen molar-refractivity contribution in [2.24, 2.45) is 0 Å². The number of hydrogen-bond acceptors (Lipinski definition) is 3. The molecule has 3 nitrogen and oxygen atoms in total. The van der Waals surface area contributed by atoms with Crippen molar-refractivity contribution in [3.8, 4) is 5.75 Å². The van der Waals surface area contributed by atoms with Gasteiger partial charge in [-0.25, -0.2) is 0 Å². The topological polar surface area (TPSA) is 41.5 Å². The number of aliphatic hydroxyl groups excluding tert-OH is 1. The van der Waals surface area contributed by atoms with Gasteiger partial charge in [-0.3, -0.25) is 0 Å². The van der Waals surface area contributed by atoms with Crippen molar-refractivity contribution in [3.05, 3.63) is 28.8 Å². The van der Waals surface area contributed by atoms with Gasteiger partial charge in [-0.1, -0.05) is 11.6 Å². The van der Waals surface area contributed by atoms with E-state index >= 15 is 0 Å². The van der Waals surface area contributed by atoms with Crippen LogP contribution in [0, 0.1) is 0 Å². The third-order valence-electron chi connectivity index (χ3n) is 1.99. The lowest BCUT2D eigenvalue weighted by atomic mass is 10.2. The molecule has 0 bridgehead atoms. The summed E-state index contributed by atoms with van der Waals surface area (Å²) in [5.41, 5.74) is 0.526. The Labute approximate surface area is 103 Å². The molecule has 0 aliphatic heterocycles. The van der Waals surface area contributed by atoms with Gasteiger partial charge in [0.15, 0.2) is 0 Å². The number of hydrogen-bond donors (Lipinski definition) is 2. The van der Waals surface area contributed by atoms with Crippen LogP contribution >= 0.6 is 11.6 Å². The Morgan fingerprint density at radius 3 is 2.76 bits per heavy atom. The average Bonchev–Trinajstić information content (AvgIpc) is 2.21. The highest BCUT2D eigenvalue weighted by Crippen LogP contribution is 2.24. The van der Waals surface area contributed by atoms with Crippen LogP contribution in [-0.4, -0.2) is 24.4 Å². The van der Waals surface area contributed by atoms with Gasteiger partial charge in [0.1, 0.15) is 5.75 Å². The third-order valence-corrected chi connectivity index (χ3v) is 2.23. The first-order valence-corrected chi connectivity index (χ1v) is 5.49. The number of ether oxygens (including phenoxy) is 1. The van der Waals surface area contributed by atoms with E-state index in [1.54, 1.807) is 13.0 Å². The normalized spacial score (nSPS) is 12.8. The minimum absolute atomic E-state index is 0.0856. The lowest BCUT2D eigenvalue weighted by molar-refractivity contribution is -0.0505. The summed E-state index contributed by atoms with van der Waals surface area (Å²) in [7, 11) is 0. The molecule has 0 saturated carbocycles. The van der Waals surface area contributed by atoms with E-state index in [0.29, 0.717) is 23.7 Å². The zero-order valence-corrected chi connectivity index (χ0v) is 10.0. The van der Waals surface area contributed by atoms with Crippen LogP contribution in [0.25, 0.3) is 0 Å². The van der Waals surface area contributed by atoms with Crippen LogP contribution in [0.4, 0.5) is 8.78 Å². The third kappa shape index (κ3) is 5.30. The molecule has 0 spiro atoms. The summed E-state index contributed by atoms with van der Waals surface area (Å²) in [5, 5.41) is 12.4. The molecule has 0 amide bonds. The maximum Gasteiger partial charge on any atom is 0.387 e. The van der Waals surface area contributed by atoms with Crippen molar-refractivity contribution in [2.75, 3.05) is 6.54 Å². The van der Waals surface area contributed by atoms with E-state index in [0.717, 1.165) is 0 Å². The molecular formula is C11H14ClF2NO2. The number of rotatable bonds is 6. The standard InChI is InChI=1S/C11H14ClF2NO2/c1-7(16)5-15-6-8-4-9(12)2-3-10(8)17-11(13)14/h2-4,7,11,15-16H,5-6H2,1H3. The molecule has 1 rings (SSSR count). The molecular weight excluding hydrogens is 252 g/mol.